The maximum atomic E-state index is 11.5. The monoisotopic (exact) mass is 212 g/mol. The van der Waals surface area contributed by atoms with Crippen molar-refractivity contribution in [3.05, 3.63) is 0 Å². The normalized spacial score (nSPS) is 23.1. The van der Waals surface area contributed by atoms with E-state index in [-0.39, 0.29) is 12.5 Å². The summed E-state index contributed by atoms with van der Waals surface area (Å²) in [6.45, 7) is 5.27. The maximum absolute atomic E-state index is 11.5. The summed E-state index contributed by atoms with van der Waals surface area (Å²) < 4.78 is 4.85. The van der Waals surface area contributed by atoms with Crippen molar-refractivity contribution in [1.29, 1.82) is 0 Å². The highest BCUT2D eigenvalue weighted by Crippen LogP contribution is 2.29. The van der Waals surface area contributed by atoms with Crippen molar-refractivity contribution in [1.82, 2.24) is 9.80 Å². The van der Waals surface area contributed by atoms with Gasteiger partial charge < -0.3 is 9.64 Å². The standard InChI is InChI=1S/C11H20N2O2/c1-15-9-11(14)13-6-4-12(5-7-13)8-10-2-3-10/h10H,2-9H2,1H3. The number of hydrogen-bond acceptors (Lipinski definition) is 3. The lowest BCUT2D eigenvalue weighted by molar-refractivity contribution is -0.136. The molecule has 2 fully saturated rings. The molecule has 1 saturated carbocycles. The van der Waals surface area contributed by atoms with E-state index in [1.54, 1.807) is 7.11 Å². The fraction of sp³-hybridized carbons (Fsp3) is 0.909. The van der Waals surface area contributed by atoms with Gasteiger partial charge in [0, 0.05) is 39.8 Å². The molecular weight excluding hydrogens is 192 g/mol. The Morgan fingerprint density at radius 1 is 1.27 bits per heavy atom. The van der Waals surface area contributed by atoms with E-state index in [1.807, 2.05) is 4.90 Å². The number of amides is 1. The number of rotatable bonds is 4. The van der Waals surface area contributed by atoms with E-state index in [2.05, 4.69) is 4.90 Å². The van der Waals surface area contributed by atoms with Crippen LogP contribution in [-0.4, -0.2) is 62.1 Å². The van der Waals surface area contributed by atoms with Crippen LogP contribution >= 0.6 is 0 Å². The minimum absolute atomic E-state index is 0.128. The summed E-state index contributed by atoms with van der Waals surface area (Å²) in [6.07, 6.45) is 2.81. The predicted molar refractivity (Wildman–Crippen MR) is 57.6 cm³/mol. The molecule has 0 N–H and O–H groups in total. The third-order valence-corrected chi connectivity index (χ3v) is 3.21. The topological polar surface area (TPSA) is 32.8 Å². The second-order valence-corrected chi connectivity index (χ2v) is 4.56. The molecule has 4 heteroatoms. The fourth-order valence-electron chi connectivity index (χ4n) is 2.06. The third-order valence-electron chi connectivity index (χ3n) is 3.21. The summed E-state index contributed by atoms with van der Waals surface area (Å²) in [4.78, 5) is 15.9. The van der Waals surface area contributed by atoms with Gasteiger partial charge in [-0.15, -0.1) is 0 Å². The van der Waals surface area contributed by atoms with E-state index in [4.69, 9.17) is 4.74 Å². The first-order valence-corrected chi connectivity index (χ1v) is 5.78. The number of hydrogen-bond donors (Lipinski definition) is 0. The molecule has 0 unspecified atom stereocenters. The Morgan fingerprint density at radius 2 is 1.93 bits per heavy atom. The van der Waals surface area contributed by atoms with E-state index >= 15 is 0 Å². The molecule has 1 heterocycles. The highest BCUT2D eigenvalue weighted by molar-refractivity contribution is 5.77. The zero-order valence-electron chi connectivity index (χ0n) is 9.45. The first-order chi connectivity index (χ1) is 7.29. The van der Waals surface area contributed by atoms with Crippen LogP contribution in [0.5, 0.6) is 0 Å². The van der Waals surface area contributed by atoms with Gasteiger partial charge in [-0.2, -0.15) is 0 Å². The van der Waals surface area contributed by atoms with E-state index < -0.39 is 0 Å². The summed E-state index contributed by atoms with van der Waals surface area (Å²) in [5.74, 6) is 1.08. The number of methoxy groups -OCH3 is 1. The molecule has 0 atom stereocenters. The van der Waals surface area contributed by atoms with Crippen molar-refractivity contribution in [3.63, 3.8) is 0 Å². The molecule has 1 amide bonds. The van der Waals surface area contributed by atoms with Crippen LogP contribution in [-0.2, 0) is 9.53 Å². The lowest BCUT2D eigenvalue weighted by Gasteiger charge is -2.34. The lowest BCUT2D eigenvalue weighted by atomic mass is 10.3. The van der Waals surface area contributed by atoms with Crippen LogP contribution in [0.4, 0.5) is 0 Å². The van der Waals surface area contributed by atoms with E-state index in [1.165, 1.54) is 19.4 Å². The predicted octanol–water partition coefficient (Wildman–Crippen LogP) is 0.187. The summed E-state index contributed by atoms with van der Waals surface area (Å²) in [5, 5.41) is 0. The van der Waals surface area contributed by atoms with Crippen LogP contribution < -0.4 is 0 Å². The molecule has 2 aliphatic rings. The first kappa shape index (κ1) is 10.9. The molecule has 0 bridgehead atoms. The second kappa shape index (κ2) is 4.94. The molecule has 0 aromatic rings. The highest BCUT2D eigenvalue weighted by atomic mass is 16.5. The zero-order chi connectivity index (χ0) is 10.7. The Balaban J connectivity index is 1.68. The van der Waals surface area contributed by atoms with Crippen molar-refractivity contribution in [3.8, 4) is 0 Å². The smallest absolute Gasteiger partial charge is 0.248 e. The van der Waals surface area contributed by atoms with Gasteiger partial charge >= 0.3 is 0 Å². The summed E-state index contributed by atoms with van der Waals surface area (Å²) in [6, 6.07) is 0. The van der Waals surface area contributed by atoms with Gasteiger partial charge in [-0.3, -0.25) is 9.69 Å². The van der Waals surface area contributed by atoms with Crippen LogP contribution in [0.2, 0.25) is 0 Å². The summed E-state index contributed by atoms with van der Waals surface area (Å²) in [7, 11) is 1.57. The molecule has 86 valence electrons. The van der Waals surface area contributed by atoms with Crippen molar-refractivity contribution in [2.24, 2.45) is 5.92 Å². The SMILES string of the molecule is COCC(=O)N1CCN(CC2CC2)CC1. The van der Waals surface area contributed by atoms with Gasteiger partial charge in [-0.25, -0.2) is 0 Å². The van der Waals surface area contributed by atoms with Gasteiger partial charge in [-0.1, -0.05) is 0 Å². The van der Waals surface area contributed by atoms with Crippen molar-refractivity contribution < 1.29 is 9.53 Å². The molecule has 1 saturated heterocycles. The minimum atomic E-state index is 0.128. The Labute approximate surface area is 91.2 Å². The molecule has 4 nitrogen and oxygen atoms in total. The highest BCUT2D eigenvalue weighted by Gasteiger charge is 2.27. The summed E-state index contributed by atoms with van der Waals surface area (Å²) in [5.41, 5.74) is 0. The van der Waals surface area contributed by atoms with Crippen LogP contribution in [0, 0.1) is 5.92 Å². The molecule has 15 heavy (non-hydrogen) atoms. The zero-order valence-corrected chi connectivity index (χ0v) is 9.45. The molecule has 2 rings (SSSR count). The van der Waals surface area contributed by atoms with Crippen LogP contribution in [0.1, 0.15) is 12.8 Å². The quantitative estimate of drug-likeness (QED) is 0.667. The van der Waals surface area contributed by atoms with Crippen LogP contribution in [0.25, 0.3) is 0 Å². The average Bonchev–Trinajstić information content (AvgIpc) is 3.03. The van der Waals surface area contributed by atoms with E-state index in [9.17, 15) is 4.79 Å². The van der Waals surface area contributed by atoms with Crippen molar-refractivity contribution in [2.45, 2.75) is 12.8 Å². The van der Waals surface area contributed by atoms with Gasteiger partial charge in [-0.05, 0) is 18.8 Å². The third kappa shape index (κ3) is 3.18. The molecule has 1 aliphatic carbocycles. The summed E-state index contributed by atoms with van der Waals surface area (Å²) >= 11 is 0. The largest absolute Gasteiger partial charge is 0.375 e. The Kier molecular flexibility index (Phi) is 3.59. The van der Waals surface area contributed by atoms with Gasteiger partial charge in [0.15, 0.2) is 0 Å². The second-order valence-electron chi connectivity index (χ2n) is 4.56. The number of carbonyl (C=O) groups excluding carboxylic acids is 1. The Hall–Kier alpha value is -0.610. The van der Waals surface area contributed by atoms with Crippen LogP contribution in [0.15, 0.2) is 0 Å². The molecular formula is C11H20N2O2. The van der Waals surface area contributed by atoms with E-state index in [0.717, 1.165) is 32.1 Å². The fourth-order valence-corrected chi connectivity index (χ4v) is 2.06. The van der Waals surface area contributed by atoms with Crippen molar-refractivity contribution in [2.75, 3.05) is 46.4 Å². The maximum Gasteiger partial charge on any atom is 0.248 e. The van der Waals surface area contributed by atoms with Gasteiger partial charge in [0.25, 0.3) is 0 Å². The van der Waals surface area contributed by atoms with Gasteiger partial charge in [0.1, 0.15) is 6.61 Å². The molecule has 1 aliphatic heterocycles. The molecule has 0 radical (unpaired) electrons. The molecule has 0 spiro atoms. The average molecular weight is 212 g/mol. The van der Waals surface area contributed by atoms with Crippen molar-refractivity contribution >= 4 is 5.91 Å². The van der Waals surface area contributed by atoms with Crippen LogP contribution in [0.3, 0.4) is 0 Å². The molecule has 0 aromatic heterocycles. The Morgan fingerprint density at radius 3 is 2.47 bits per heavy atom. The van der Waals surface area contributed by atoms with E-state index in [0.29, 0.717) is 0 Å². The number of piperazine rings is 1. The number of ether oxygens (including phenoxy) is 1. The molecule has 0 aromatic carbocycles. The van der Waals surface area contributed by atoms with Gasteiger partial charge in [0.05, 0.1) is 0 Å². The number of nitrogens with zero attached hydrogens (tertiary/aromatic N) is 2. The lowest BCUT2D eigenvalue weighted by Crippen LogP contribution is -2.50. The van der Waals surface area contributed by atoms with Gasteiger partial charge in [0.2, 0.25) is 5.91 Å². The number of carbonyl (C=O) groups is 1. The minimum Gasteiger partial charge on any atom is -0.375 e. The first-order valence-electron chi connectivity index (χ1n) is 5.78. The Bertz CT molecular complexity index is 221.